The molecule has 0 saturated heterocycles. The van der Waals surface area contributed by atoms with Gasteiger partial charge in [0.1, 0.15) is 12.4 Å². The molecular weight excluding hydrogens is 555 g/mol. The highest BCUT2D eigenvalue weighted by atomic mass is 35.5. The molecule has 1 unspecified atom stereocenters. The second kappa shape index (κ2) is 11.6. The third-order valence-electron chi connectivity index (χ3n) is 6.20. The highest BCUT2D eigenvalue weighted by Gasteiger charge is 2.33. The summed E-state index contributed by atoms with van der Waals surface area (Å²) < 4.78 is 13.3. The van der Waals surface area contributed by atoms with Gasteiger partial charge >= 0.3 is 5.97 Å². The lowest BCUT2D eigenvalue weighted by atomic mass is 9.96. The third kappa shape index (κ3) is 5.86. The minimum absolute atomic E-state index is 0.215. The molecule has 0 fully saturated rings. The van der Waals surface area contributed by atoms with Crippen LogP contribution in [0.25, 0.3) is 6.08 Å². The van der Waals surface area contributed by atoms with Gasteiger partial charge in [-0.25, -0.2) is 9.79 Å². The Balaban J connectivity index is 1.48. The molecule has 5 rings (SSSR count). The molecule has 0 bridgehead atoms. The Kier molecular flexibility index (Phi) is 8.02. The maximum atomic E-state index is 13.7. The first-order valence-corrected chi connectivity index (χ1v) is 13.8. The molecule has 1 atom stereocenters. The van der Waals surface area contributed by atoms with Crippen LogP contribution in [0.1, 0.15) is 36.6 Å². The molecule has 1 aliphatic rings. The van der Waals surface area contributed by atoms with Gasteiger partial charge in [0.05, 0.1) is 28.5 Å². The molecule has 1 aliphatic heterocycles. The maximum absolute atomic E-state index is 13.7. The minimum atomic E-state index is -0.677. The number of aromatic nitrogens is 1. The monoisotopic (exact) mass is 578 g/mol. The van der Waals surface area contributed by atoms with Crippen molar-refractivity contribution in [1.82, 2.24) is 4.57 Å². The number of hydrogen-bond donors (Lipinski definition) is 0. The zero-order valence-corrected chi connectivity index (χ0v) is 23.5. The molecule has 0 radical (unpaired) electrons. The lowest BCUT2D eigenvalue weighted by molar-refractivity contribution is -0.139. The number of allylic oxidation sites excluding steroid dienone is 1. The molecular formula is C30H24Cl2N2O4S. The van der Waals surface area contributed by atoms with E-state index in [4.69, 9.17) is 32.7 Å². The number of esters is 1. The Morgan fingerprint density at radius 1 is 1.00 bits per heavy atom. The van der Waals surface area contributed by atoms with Crippen molar-refractivity contribution >= 4 is 46.6 Å². The first kappa shape index (κ1) is 26.9. The van der Waals surface area contributed by atoms with Crippen molar-refractivity contribution in [2.24, 2.45) is 4.99 Å². The Bertz CT molecular complexity index is 1720. The highest BCUT2D eigenvalue weighted by Crippen LogP contribution is 2.31. The van der Waals surface area contributed by atoms with Crippen molar-refractivity contribution in [3.63, 3.8) is 0 Å². The number of rotatable bonds is 7. The number of thiazole rings is 1. The first-order chi connectivity index (χ1) is 18.8. The number of benzene rings is 3. The summed E-state index contributed by atoms with van der Waals surface area (Å²) in [7, 11) is 0. The molecule has 0 spiro atoms. The fourth-order valence-corrected chi connectivity index (χ4v) is 5.61. The van der Waals surface area contributed by atoms with Gasteiger partial charge in [0.15, 0.2) is 4.80 Å². The second-order valence-electron chi connectivity index (χ2n) is 8.84. The van der Waals surface area contributed by atoms with E-state index in [9.17, 15) is 9.59 Å². The number of halogens is 2. The molecule has 2 heterocycles. The van der Waals surface area contributed by atoms with E-state index < -0.39 is 12.0 Å². The zero-order valence-electron chi connectivity index (χ0n) is 21.2. The van der Waals surface area contributed by atoms with E-state index in [0.29, 0.717) is 43.0 Å². The molecule has 0 aliphatic carbocycles. The van der Waals surface area contributed by atoms with Gasteiger partial charge < -0.3 is 9.47 Å². The summed E-state index contributed by atoms with van der Waals surface area (Å²) in [5, 5.41) is 1.24. The third-order valence-corrected chi connectivity index (χ3v) is 7.69. The van der Waals surface area contributed by atoms with Gasteiger partial charge in [-0.15, -0.1) is 0 Å². The van der Waals surface area contributed by atoms with Crippen molar-refractivity contribution in [2.75, 3.05) is 6.61 Å². The number of ether oxygens (including phenoxy) is 2. The topological polar surface area (TPSA) is 69.9 Å². The average Bonchev–Trinajstić information content (AvgIpc) is 3.23. The van der Waals surface area contributed by atoms with Crippen LogP contribution >= 0.6 is 34.5 Å². The minimum Gasteiger partial charge on any atom is -0.489 e. The molecule has 39 heavy (non-hydrogen) atoms. The molecule has 4 aromatic rings. The average molecular weight is 580 g/mol. The number of fused-ring (bicyclic) bond motifs is 1. The van der Waals surface area contributed by atoms with Crippen molar-refractivity contribution in [1.29, 1.82) is 0 Å². The summed E-state index contributed by atoms with van der Waals surface area (Å²) >= 11 is 13.3. The van der Waals surface area contributed by atoms with Gasteiger partial charge in [-0.1, -0.05) is 70.9 Å². The number of hydrogen-bond acceptors (Lipinski definition) is 6. The molecule has 9 heteroatoms. The van der Waals surface area contributed by atoms with E-state index in [2.05, 4.69) is 4.99 Å². The molecule has 0 amide bonds. The molecule has 6 nitrogen and oxygen atoms in total. The van der Waals surface area contributed by atoms with Gasteiger partial charge in [0.25, 0.3) is 5.56 Å². The van der Waals surface area contributed by atoms with Crippen LogP contribution in [-0.4, -0.2) is 17.1 Å². The van der Waals surface area contributed by atoms with Gasteiger partial charge in [-0.2, -0.15) is 0 Å². The molecule has 0 N–H and O–H groups in total. The maximum Gasteiger partial charge on any atom is 0.338 e. The van der Waals surface area contributed by atoms with Crippen LogP contribution in [0.3, 0.4) is 0 Å². The van der Waals surface area contributed by atoms with Crippen LogP contribution in [0.2, 0.25) is 10.0 Å². The van der Waals surface area contributed by atoms with Crippen LogP contribution in [-0.2, 0) is 16.1 Å². The van der Waals surface area contributed by atoms with Gasteiger partial charge in [0, 0.05) is 10.0 Å². The Morgan fingerprint density at radius 2 is 1.64 bits per heavy atom. The summed E-state index contributed by atoms with van der Waals surface area (Å²) in [6.45, 7) is 4.14. The van der Waals surface area contributed by atoms with Crippen LogP contribution in [0, 0.1) is 0 Å². The lowest BCUT2D eigenvalue weighted by Gasteiger charge is -2.24. The number of carbonyl (C=O) groups is 1. The summed E-state index contributed by atoms with van der Waals surface area (Å²) in [6, 6.07) is 21.4. The smallest absolute Gasteiger partial charge is 0.338 e. The Labute approximate surface area is 239 Å². The van der Waals surface area contributed by atoms with Gasteiger partial charge in [-0.3, -0.25) is 9.36 Å². The Hall–Kier alpha value is -3.65. The van der Waals surface area contributed by atoms with E-state index in [1.54, 1.807) is 30.5 Å². The van der Waals surface area contributed by atoms with Crippen molar-refractivity contribution in [3.05, 3.63) is 130 Å². The second-order valence-corrected chi connectivity index (χ2v) is 10.7. The van der Waals surface area contributed by atoms with Crippen LogP contribution in [0.15, 0.2) is 93.9 Å². The van der Waals surface area contributed by atoms with E-state index in [0.717, 1.165) is 16.7 Å². The lowest BCUT2D eigenvalue weighted by Crippen LogP contribution is -2.39. The number of nitrogens with zero attached hydrogens (tertiary/aromatic N) is 2. The molecule has 0 saturated carbocycles. The summed E-state index contributed by atoms with van der Waals surface area (Å²) in [5.41, 5.74) is 3.20. The van der Waals surface area contributed by atoms with Crippen LogP contribution < -0.4 is 19.6 Å². The number of carbonyl (C=O) groups excluding carboxylic acids is 1. The van der Waals surface area contributed by atoms with Crippen molar-refractivity contribution in [3.8, 4) is 5.75 Å². The normalized spacial score (nSPS) is 15.1. The molecule has 1 aromatic heterocycles. The van der Waals surface area contributed by atoms with Crippen LogP contribution in [0.4, 0.5) is 0 Å². The van der Waals surface area contributed by atoms with Gasteiger partial charge in [-0.05, 0) is 73.0 Å². The van der Waals surface area contributed by atoms with Crippen molar-refractivity contribution < 1.29 is 14.3 Å². The van der Waals surface area contributed by atoms with Gasteiger partial charge in [0.2, 0.25) is 0 Å². The van der Waals surface area contributed by atoms with Crippen LogP contribution in [0.5, 0.6) is 5.75 Å². The van der Waals surface area contributed by atoms with E-state index in [1.165, 1.54) is 11.3 Å². The fourth-order valence-electron chi connectivity index (χ4n) is 4.31. The summed E-state index contributed by atoms with van der Waals surface area (Å²) in [6.07, 6.45) is 1.81. The fraction of sp³-hybridized carbons (Fsp3) is 0.167. The predicted molar refractivity (Wildman–Crippen MR) is 154 cm³/mol. The quantitative estimate of drug-likeness (QED) is 0.264. The SMILES string of the molecule is CCOC(=O)C1=C(C)N=c2s/c(=C\c3ccc(OCc4ccc(Cl)cc4)cc3)c(=O)n2C1c1ccc(Cl)cc1. The highest BCUT2D eigenvalue weighted by molar-refractivity contribution is 7.07. The largest absolute Gasteiger partial charge is 0.489 e. The Morgan fingerprint density at radius 3 is 2.28 bits per heavy atom. The van der Waals surface area contributed by atoms with E-state index in [-0.39, 0.29) is 12.2 Å². The summed E-state index contributed by atoms with van der Waals surface area (Å²) in [4.78, 5) is 31.8. The van der Waals surface area contributed by atoms with Crippen molar-refractivity contribution in [2.45, 2.75) is 26.5 Å². The van der Waals surface area contributed by atoms with E-state index in [1.807, 2.05) is 66.7 Å². The zero-order chi connectivity index (χ0) is 27.5. The summed E-state index contributed by atoms with van der Waals surface area (Å²) in [5.74, 6) is 0.211. The predicted octanol–water partition coefficient (Wildman–Crippen LogP) is 5.68. The molecule has 3 aromatic carbocycles. The first-order valence-electron chi connectivity index (χ1n) is 12.3. The van der Waals surface area contributed by atoms with E-state index >= 15 is 0 Å². The molecule has 198 valence electrons. The standard InChI is InChI=1S/C30H24Cl2N2O4S/c1-3-37-29(36)26-18(2)33-30-34(27(26)21-8-12-23(32)13-9-21)28(35)25(39-30)16-19-6-14-24(15-7-19)38-17-20-4-10-22(31)11-5-20/h4-16,27H,3,17H2,1-2H3/b25-16-.